The lowest BCUT2D eigenvalue weighted by molar-refractivity contribution is 0.130. The Kier molecular flexibility index (Phi) is 4.39. The van der Waals surface area contributed by atoms with E-state index in [4.69, 9.17) is 16.3 Å². The molecule has 0 N–H and O–H groups in total. The van der Waals surface area contributed by atoms with Crippen molar-refractivity contribution in [2.45, 2.75) is 38.7 Å². The summed E-state index contributed by atoms with van der Waals surface area (Å²) in [5.41, 5.74) is 0.946. The molecule has 0 aliphatic heterocycles. The first kappa shape index (κ1) is 14.3. The average molecular weight is 303 g/mol. The van der Waals surface area contributed by atoms with Crippen molar-refractivity contribution in [3.8, 4) is 17.3 Å². The highest BCUT2D eigenvalue weighted by atomic mass is 35.5. The number of hydrogen-bond donors (Lipinski definition) is 0. The topological polar surface area (TPSA) is 35.0 Å². The molecule has 1 aliphatic carbocycles. The first-order valence-corrected chi connectivity index (χ1v) is 7.85. The maximum Gasteiger partial charge on any atom is 0.218 e. The summed E-state index contributed by atoms with van der Waals surface area (Å²) in [6.07, 6.45) is 4.85. The highest BCUT2D eigenvalue weighted by Gasteiger charge is 2.20. The number of hydrogen-bond acceptors (Lipinski definition) is 3. The van der Waals surface area contributed by atoms with E-state index in [1.165, 1.54) is 12.8 Å². The zero-order chi connectivity index (χ0) is 14.7. The fraction of sp³-hybridized carbons (Fsp3) is 0.412. The Balaban J connectivity index is 1.78. The molecule has 110 valence electrons. The second kappa shape index (κ2) is 6.44. The van der Waals surface area contributed by atoms with Gasteiger partial charge in [-0.15, -0.1) is 0 Å². The first-order chi connectivity index (χ1) is 10.2. The minimum atomic E-state index is 0.246. The van der Waals surface area contributed by atoms with Crippen LogP contribution in [0.5, 0.6) is 5.88 Å². The van der Waals surface area contributed by atoms with E-state index < -0.39 is 0 Å². The van der Waals surface area contributed by atoms with Crippen LogP contribution >= 0.6 is 11.6 Å². The first-order valence-electron chi connectivity index (χ1n) is 7.47. The molecule has 1 aromatic heterocycles. The molecule has 0 radical (unpaired) electrons. The van der Waals surface area contributed by atoms with Gasteiger partial charge in [0, 0.05) is 11.6 Å². The van der Waals surface area contributed by atoms with E-state index in [2.05, 4.69) is 16.9 Å². The van der Waals surface area contributed by atoms with Gasteiger partial charge in [0.1, 0.15) is 11.3 Å². The van der Waals surface area contributed by atoms with E-state index in [1.54, 1.807) is 6.07 Å². The third-order valence-electron chi connectivity index (χ3n) is 3.95. The number of rotatable bonds is 3. The van der Waals surface area contributed by atoms with Crippen LogP contribution in [0.1, 0.15) is 32.6 Å². The van der Waals surface area contributed by atoms with Gasteiger partial charge in [-0.3, -0.25) is 0 Å². The fourth-order valence-electron chi connectivity index (χ4n) is 2.69. The molecule has 21 heavy (non-hydrogen) atoms. The Labute approximate surface area is 130 Å². The lowest BCUT2D eigenvalue weighted by Crippen LogP contribution is -2.23. The molecule has 1 aromatic carbocycles. The van der Waals surface area contributed by atoms with E-state index in [0.29, 0.717) is 16.9 Å². The van der Waals surface area contributed by atoms with Gasteiger partial charge in [-0.1, -0.05) is 48.9 Å². The van der Waals surface area contributed by atoms with Gasteiger partial charge >= 0.3 is 0 Å². The predicted molar refractivity (Wildman–Crippen MR) is 84.5 cm³/mol. The normalized spacial score (nSPS) is 22.0. The molecular weight excluding hydrogens is 284 g/mol. The molecular formula is C17H19ClN2O. The molecule has 1 heterocycles. The van der Waals surface area contributed by atoms with E-state index in [1.807, 2.05) is 30.3 Å². The van der Waals surface area contributed by atoms with Crippen molar-refractivity contribution in [3.63, 3.8) is 0 Å². The number of ether oxygens (including phenoxy) is 1. The molecule has 1 fully saturated rings. The third kappa shape index (κ3) is 3.73. The SMILES string of the molecule is CC1CCC(Oc2cc(Cl)nc(-c3ccccc3)n2)CC1. The standard InChI is InChI=1S/C17H19ClN2O/c1-12-7-9-14(10-8-12)21-16-11-15(18)19-17(20-16)13-5-3-2-4-6-13/h2-6,11-12,14H,7-10H2,1H3. The van der Waals surface area contributed by atoms with Crippen LogP contribution < -0.4 is 4.74 Å². The van der Waals surface area contributed by atoms with Crippen LogP contribution in [0.25, 0.3) is 11.4 Å². The summed E-state index contributed by atoms with van der Waals surface area (Å²) in [6, 6.07) is 11.5. The van der Waals surface area contributed by atoms with Crippen molar-refractivity contribution in [1.82, 2.24) is 9.97 Å². The zero-order valence-electron chi connectivity index (χ0n) is 12.1. The summed E-state index contributed by atoms with van der Waals surface area (Å²) in [5.74, 6) is 1.99. The highest BCUT2D eigenvalue weighted by Crippen LogP contribution is 2.28. The maximum atomic E-state index is 6.11. The molecule has 0 bridgehead atoms. The van der Waals surface area contributed by atoms with Crippen molar-refractivity contribution < 1.29 is 4.74 Å². The van der Waals surface area contributed by atoms with E-state index in [0.717, 1.165) is 24.3 Å². The van der Waals surface area contributed by atoms with Crippen molar-refractivity contribution in [2.75, 3.05) is 0 Å². The number of benzene rings is 1. The quantitative estimate of drug-likeness (QED) is 0.767. The Morgan fingerprint density at radius 1 is 1.05 bits per heavy atom. The van der Waals surface area contributed by atoms with Gasteiger partial charge in [0.25, 0.3) is 0 Å². The van der Waals surface area contributed by atoms with Crippen LogP contribution in [-0.2, 0) is 0 Å². The molecule has 0 unspecified atom stereocenters. The summed E-state index contributed by atoms with van der Waals surface area (Å²) in [7, 11) is 0. The van der Waals surface area contributed by atoms with Gasteiger partial charge in [-0.25, -0.2) is 4.98 Å². The molecule has 2 aromatic rings. The molecule has 3 nitrogen and oxygen atoms in total. The summed E-state index contributed by atoms with van der Waals surface area (Å²) in [4.78, 5) is 8.78. The zero-order valence-corrected chi connectivity index (χ0v) is 12.9. The third-order valence-corrected chi connectivity index (χ3v) is 4.15. The molecule has 0 saturated heterocycles. The van der Waals surface area contributed by atoms with Crippen molar-refractivity contribution in [2.24, 2.45) is 5.92 Å². The number of halogens is 1. The van der Waals surface area contributed by atoms with Crippen LogP contribution in [0.4, 0.5) is 0 Å². The molecule has 4 heteroatoms. The minimum Gasteiger partial charge on any atom is -0.474 e. The van der Waals surface area contributed by atoms with Crippen molar-refractivity contribution in [3.05, 3.63) is 41.6 Å². The summed E-state index contributed by atoms with van der Waals surface area (Å²) >= 11 is 6.11. The van der Waals surface area contributed by atoms with Gasteiger partial charge in [0.05, 0.1) is 0 Å². The van der Waals surface area contributed by atoms with Gasteiger partial charge in [0.2, 0.25) is 5.88 Å². The predicted octanol–water partition coefficient (Wildman–Crippen LogP) is 4.75. The van der Waals surface area contributed by atoms with Crippen LogP contribution in [0.15, 0.2) is 36.4 Å². The Morgan fingerprint density at radius 2 is 1.76 bits per heavy atom. The van der Waals surface area contributed by atoms with Crippen LogP contribution in [0, 0.1) is 5.92 Å². The van der Waals surface area contributed by atoms with E-state index in [-0.39, 0.29) is 6.10 Å². The minimum absolute atomic E-state index is 0.246. The van der Waals surface area contributed by atoms with E-state index >= 15 is 0 Å². The lowest BCUT2D eigenvalue weighted by Gasteiger charge is -2.26. The highest BCUT2D eigenvalue weighted by molar-refractivity contribution is 6.29. The van der Waals surface area contributed by atoms with Gasteiger partial charge in [-0.2, -0.15) is 4.98 Å². The average Bonchev–Trinajstić information content (AvgIpc) is 2.50. The Hall–Kier alpha value is -1.61. The van der Waals surface area contributed by atoms with Crippen molar-refractivity contribution in [1.29, 1.82) is 0 Å². The van der Waals surface area contributed by atoms with Gasteiger partial charge < -0.3 is 4.74 Å². The maximum absolute atomic E-state index is 6.11. The summed E-state index contributed by atoms with van der Waals surface area (Å²) in [6.45, 7) is 2.30. The number of aromatic nitrogens is 2. The Morgan fingerprint density at radius 3 is 2.48 bits per heavy atom. The van der Waals surface area contributed by atoms with Crippen molar-refractivity contribution >= 4 is 11.6 Å². The smallest absolute Gasteiger partial charge is 0.218 e. The van der Waals surface area contributed by atoms with Gasteiger partial charge in [-0.05, 0) is 31.6 Å². The monoisotopic (exact) mass is 302 g/mol. The molecule has 1 saturated carbocycles. The summed E-state index contributed by atoms with van der Waals surface area (Å²) in [5, 5.41) is 0.419. The molecule has 3 rings (SSSR count). The van der Waals surface area contributed by atoms with Gasteiger partial charge in [0.15, 0.2) is 5.82 Å². The lowest BCUT2D eigenvalue weighted by atomic mass is 9.89. The second-order valence-corrected chi connectivity index (χ2v) is 6.11. The second-order valence-electron chi connectivity index (χ2n) is 5.72. The van der Waals surface area contributed by atoms with Crippen LogP contribution in [0.2, 0.25) is 5.15 Å². The fourth-order valence-corrected chi connectivity index (χ4v) is 2.87. The van der Waals surface area contributed by atoms with E-state index in [9.17, 15) is 0 Å². The largest absolute Gasteiger partial charge is 0.474 e. The molecule has 0 amide bonds. The Bertz CT molecular complexity index is 595. The van der Waals surface area contributed by atoms with Crippen LogP contribution in [-0.4, -0.2) is 16.1 Å². The molecule has 1 aliphatic rings. The molecule has 0 spiro atoms. The molecule has 0 atom stereocenters. The number of nitrogens with zero attached hydrogens (tertiary/aromatic N) is 2. The summed E-state index contributed by atoms with van der Waals surface area (Å²) < 4.78 is 6.01. The van der Waals surface area contributed by atoms with Crippen LogP contribution in [0.3, 0.4) is 0 Å².